The summed E-state index contributed by atoms with van der Waals surface area (Å²) in [6.07, 6.45) is 2.08. The van der Waals surface area contributed by atoms with Gasteiger partial charge in [-0.1, -0.05) is 103 Å². The third kappa shape index (κ3) is 3.71. The quantitative estimate of drug-likeness (QED) is 0.235. The van der Waals surface area contributed by atoms with E-state index >= 15 is 0 Å². The summed E-state index contributed by atoms with van der Waals surface area (Å²) in [7, 11) is 0. The van der Waals surface area contributed by atoms with Gasteiger partial charge in [0.1, 0.15) is 16.8 Å². The van der Waals surface area contributed by atoms with Crippen molar-refractivity contribution < 1.29 is 4.42 Å². The Morgan fingerprint density at radius 3 is 1.98 bits per heavy atom. The highest BCUT2D eigenvalue weighted by molar-refractivity contribution is 6.05. The molecule has 0 atom stereocenters. The van der Waals surface area contributed by atoms with E-state index in [0.29, 0.717) is 0 Å². The van der Waals surface area contributed by atoms with Crippen molar-refractivity contribution in [3.8, 4) is 44.8 Å². The zero-order valence-corrected chi connectivity index (χ0v) is 21.7. The molecule has 8 aromatic rings. The number of rotatable bonds is 4. The number of aromatic nitrogens is 2. The number of hydrogen-bond donors (Lipinski definition) is 0. The molecule has 3 heterocycles. The monoisotopic (exact) mass is 512 g/mol. The molecule has 40 heavy (non-hydrogen) atoms. The summed E-state index contributed by atoms with van der Waals surface area (Å²) in [6, 6.07) is 48.7. The lowest BCUT2D eigenvalue weighted by Crippen LogP contribution is -1.89. The molecule has 0 unspecified atom stereocenters. The topological polar surface area (TPSA) is 30.4 Å². The van der Waals surface area contributed by atoms with Crippen molar-refractivity contribution in [3.63, 3.8) is 0 Å². The van der Waals surface area contributed by atoms with Crippen molar-refractivity contribution in [2.45, 2.75) is 0 Å². The number of para-hydroxylation sites is 1. The summed E-state index contributed by atoms with van der Waals surface area (Å²) in [5, 5.41) is 2.30. The summed E-state index contributed by atoms with van der Waals surface area (Å²) in [6.45, 7) is 0. The van der Waals surface area contributed by atoms with Crippen molar-refractivity contribution in [1.29, 1.82) is 0 Å². The van der Waals surface area contributed by atoms with Crippen LogP contribution in [0.5, 0.6) is 0 Å². The van der Waals surface area contributed by atoms with Crippen LogP contribution < -0.4 is 0 Å². The summed E-state index contributed by atoms with van der Waals surface area (Å²) in [4.78, 5) is 5.01. The first kappa shape index (κ1) is 22.6. The molecule has 0 spiro atoms. The second kappa shape index (κ2) is 9.11. The van der Waals surface area contributed by atoms with Gasteiger partial charge in [-0.25, -0.2) is 4.98 Å². The van der Waals surface area contributed by atoms with Crippen LogP contribution in [-0.4, -0.2) is 9.38 Å². The van der Waals surface area contributed by atoms with Crippen molar-refractivity contribution in [1.82, 2.24) is 9.38 Å². The number of hydrogen-bond acceptors (Lipinski definition) is 2. The Morgan fingerprint density at radius 2 is 1.10 bits per heavy atom. The Hall–Kier alpha value is -5.41. The predicted molar refractivity (Wildman–Crippen MR) is 164 cm³/mol. The minimum atomic E-state index is 0.912. The number of pyridine rings is 1. The summed E-state index contributed by atoms with van der Waals surface area (Å²) in [5.74, 6) is 0. The number of benzene rings is 5. The molecule has 3 aromatic heterocycles. The van der Waals surface area contributed by atoms with E-state index in [-0.39, 0.29) is 0 Å². The van der Waals surface area contributed by atoms with Gasteiger partial charge in [0.15, 0.2) is 0 Å². The summed E-state index contributed by atoms with van der Waals surface area (Å²) >= 11 is 0. The first-order valence-electron chi connectivity index (χ1n) is 13.5. The van der Waals surface area contributed by atoms with E-state index in [2.05, 4.69) is 120 Å². The van der Waals surface area contributed by atoms with Gasteiger partial charge in [0.25, 0.3) is 0 Å². The van der Waals surface area contributed by atoms with Crippen LogP contribution in [0.2, 0.25) is 0 Å². The zero-order chi connectivity index (χ0) is 26.5. The first-order chi connectivity index (χ1) is 19.8. The molecule has 0 N–H and O–H groups in total. The highest BCUT2D eigenvalue weighted by Crippen LogP contribution is 2.36. The average molecular weight is 513 g/mol. The Bertz CT molecular complexity index is 2150. The maximum absolute atomic E-state index is 6.14. The predicted octanol–water partition coefficient (Wildman–Crippen LogP) is 9.90. The smallest absolute Gasteiger partial charge is 0.137 e. The molecule has 0 fully saturated rings. The Kier molecular flexibility index (Phi) is 5.14. The van der Waals surface area contributed by atoms with Crippen LogP contribution in [0.25, 0.3) is 72.4 Å². The molecular formula is C37H24N2O. The van der Waals surface area contributed by atoms with Crippen molar-refractivity contribution in [3.05, 3.63) is 146 Å². The molecule has 8 rings (SSSR count). The van der Waals surface area contributed by atoms with Gasteiger partial charge in [-0.3, -0.25) is 4.40 Å². The first-order valence-corrected chi connectivity index (χ1v) is 13.5. The largest absolute Gasteiger partial charge is 0.456 e. The van der Waals surface area contributed by atoms with E-state index in [1.807, 2.05) is 30.3 Å². The molecule has 0 saturated heterocycles. The lowest BCUT2D eigenvalue weighted by Gasteiger charge is -2.09. The van der Waals surface area contributed by atoms with Gasteiger partial charge in [0, 0.05) is 28.1 Å². The van der Waals surface area contributed by atoms with Gasteiger partial charge in [-0.15, -0.1) is 0 Å². The maximum Gasteiger partial charge on any atom is 0.137 e. The second-order valence-electron chi connectivity index (χ2n) is 10.1. The summed E-state index contributed by atoms with van der Waals surface area (Å²) < 4.78 is 8.31. The van der Waals surface area contributed by atoms with E-state index in [4.69, 9.17) is 9.40 Å². The third-order valence-corrected chi connectivity index (χ3v) is 7.64. The summed E-state index contributed by atoms with van der Waals surface area (Å²) in [5.41, 5.74) is 11.7. The van der Waals surface area contributed by atoms with Crippen LogP contribution in [0, 0.1) is 0 Å². The highest BCUT2D eigenvalue weighted by atomic mass is 16.3. The van der Waals surface area contributed by atoms with Crippen LogP contribution in [0.4, 0.5) is 0 Å². The van der Waals surface area contributed by atoms with Gasteiger partial charge >= 0.3 is 0 Å². The molecule has 0 amide bonds. The van der Waals surface area contributed by atoms with E-state index in [1.165, 1.54) is 11.1 Å². The number of imidazole rings is 1. The van der Waals surface area contributed by atoms with Gasteiger partial charge < -0.3 is 4.42 Å². The van der Waals surface area contributed by atoms with E-state index in [0.717, 1.165) is 61.2 Å². The molecule has 0 saturated carbocycles. The minimum Gasteiger partial charge on any atom is -0.456 e. The molecule has 0 bridgehead atoms. The molecule has 3 nitrogen and oxygen atoms in total. The Morgan fingerprint density at radius 1 is 0.450 bits per heavy atom. The standard InChI is InChI=1S/C37H24N2O/c1-2-9-27(10-3-1)37-36(38-35-15-6-7-22-39(35)37)26-18-16-25(17-19-26)28-11-8-12-29(23-28)30-20-21-32-31-13-4-5-14-33(31)40-34(32)24-30/h1-24H. The SMILES string of the molecule is c1ccc(-c2c(-c3ccc(-c4cccc(-c5ccc6c(c5)oc5ccccc56)c4)cc3)nc3ccccn23)cc1. The van der Waals surface area contributed by atoms with Crippen LogP contribution in [0.3, 0.4) is 0 Å². The van der Waals surface area contributed by atoms with Gasteiger partial charge in [-0.2, -0.15) is 0 Å². The van der Waals surface area contributed by atoms with E-state index in [1.54, 1.807) is 0 Å². The van der Waals surface area contributed by atoms with E-state index < -0.39 is 0 Å². The third-order valence-electron chi connectivity index (χ3n) is 7.64. The fraction of sp³-hybridized carbons (Fsp3) is 0. The van der Waals surface area contributed by atoms with Crippen LogP contribution in [-0.2, 0) is 0 Å². The van der Waals surface area contributed by atoms with Crippen LogP contribution >= 0.6 is 0 Å². The maximum atomic E-state index is 6.14. The molecule has 3 heteroatoms. The van der Waals surface area contributed by atoms with Crippen molar-refractivity contribution >= 4 is 27.6 Å². The number of fused-ring (bicyclic) bond motifs is 4. The number of furan rings is 1. The molecule has 0 aliphatic rings. The minimum absolute atomic E-state index is 0.912. The zero-order valence-electron chi connectivity index (χ0n) is 21.7. The van der Waals surface area contributed by atoms with Crippen LogP contribution in [0.15, 0.2) is 150 Å². The van der Waals surface area contributed by atoms with Gasteiger partial charge in [0.2, 0.25) is 0 Å². The van der Waals surface area contributed by atoms with Crippen molar-refractivity contribution in [2.75, 3.05) is 0 Å². The highest BCUT2D eigenvalue weighted by Gasteiger charge is 2.16. The molecule has 0 aliphatic heterocycles. The molecular weight excluding hydrogens is 488 g/mol. The molecule has 0 radical (unpaired) electrons. The molecule has 5 aromatic carbocycles. The normalized spacial score (nSPS) is 11.5. The van der Waals surface area contributed by atoms with Gasteiger partial charge in [0.05, 0.1) is 11.4 Å². The molecule has 188 valence electrons. The van der Waals surface area contributed by atoms with E-state index in [9.17, 15) is 0 Å². The number of nitrogens with zero attached hydrogens (tertiary/aromatic N) is 2. The Balaban J connectivity index is 1.17. The lowest BCUT2D eigenvalue weighted by molar-refractivity contribution is 0.669. The van der Waals surface area contributed by atoms with Crippen LogP contribution in [0.1, 0.15) is 0 Å². The van der Waals surface area contributed by atoms with Gasteiger partial charge in [-0.05, 0) is 58.7 Å². The van der Waals surface area contributed by atoms with Crippen molar-refractivity contribution in [2.24, 2.45) is 0 Å². The molecule has 0 aliphatic carbocycles. The Labute approximate surface area is 231 Å². The fourth-order valence-corrected chi connectivity index (χ4v) is 5.67. The average Bonchev–Trinajstić information content (AvgIpc) is 3.60. The lowest BCUT2D eigenvalue weighted by atomic mass is 9.97. The fourth-order valence-electron chi connectivity index (χ4n) is 5.67. The second-order valence-corrected chi connectivity index (χ2v) is 10.1.